The van der Waals surface area contributed by atoms with E-state index in [0.717, 1.165) is 35.2 Å². The van der Waals surface area contributed by atoms with E-state index in [9.17, 15) is 5.11 Å². The first-order valence-electron chi connectivity index (χ1n) is 7.28. The van der Waals surface area contributed by atoms with Crippen molar-refractivity contribution in [3.63, 3.8) is 0 Å². The summed E-state index contributed by atoms with van der Waals surface area (Å²) in [4.78, 5) is 8.86. The fourth-order valence-corrected chi connectivity index (χ4v) is 3.18. The summed E-state index contributed by atoms with van der Waals surface area (Å²) in [5.74, 6) is 0. The lowest BCUT2D eigenvalue weighted by Gasteiger charge is -2.29. The predicted molar refractivity (Wildman–Crippen MR) is 86.5 cm³/mol. The van der Waals surface area contributed by atoms with Gasteiger partial charge in [-0.2, -0.15) is 0 Å². The molecule has 3 rings (SSSR count). The van der Waals surface area contributed by atoms with E-state index >= 15 is 0 Å². The highest BCUT2D eigenvalue weighted by molar-refractivity contribution is 5.93. The van der Waals surface area contributed by atoms with Crippen molar-refractivity contribution in [1.29, 1.82) is 0 Å². The van der Waals surface area contributed by atoms with Gasteiger partial charge in [0.05, 0.1) is 11.6 Å². The third-order valence-corrected chi connectivity index (χ3v) is 4.02. The van der Waals surface area contributed by atoms with E-state index in [1.54, 1.807) is 0 Å². The Hall–Kier alpha value is -1.85. The Morgan fingerprint density at radius 1 is 1.38 bits per heavy atom. The number of likely N-dealkylation sites (N-methyl/N-ethyl adjacent to an activating group) is 1. The normalized spacial score (nSPS) is 22.4. The zero-order chi connectivity index (χ0) is 15.0. The molecule has 2 atom stereocenters. The van der Waals surface area contributed by atoms with Gasteiger partial charge in [0, 0.05) is 42.1 Å². The SMILES string of the molecule is CN(C)CC1CC(O)CN1c1ccnc2cc(N)ccc12. The Kier molecular flexibility index (Phi) is 3.69. The number of nitrogens with zero attached hydrogens (tertiary/aromatic N) is 3. The Labute approximate surface area is 125 Å². The van der Waals surface area contributed by atoms with Crippen molar-refractivity contribution in [2.24, 2.45) is 0 Å². The van der Waals surface area contributed by atoms with Crippen LogP contribution in [0.15, 0.2) is 30.5 Å². The molecule has 112 valence electrons. The monoisotopic (exact) mass is 286 g/mol. The molecule has 3 N–H and O–H groups in total. The zero-order valence-electron chi connectivity index (χ0n) is 12.5. The van der Waals surface area contributed by atoms with Gasteiger partial charge in [0.15, 0.2) is 0 Å². The molecule has 1 aromatic carbocycles. The van der Waals surface area contributed by atoms with Crippen molar-refractivity contribution in [1.82, 2.24) is 9.88 Å². The summed E-state index contributed by atoms with van der Waals surface area (Å²) in [7, 11) is 4.13. The van der Waals surface area contributed by atoms with Crippen LogP contribution in [0.25, 0.3) is 10.9 Å². The van der Waals surface area contributed by atoms with Crippen molar-refractivity contribution >= 4 is 22.3 Å². The number of nitrogen functional groups attached to an aromatic ring is 1. The molecule has 0 amide bonds. The summed E-state index contributed by atoms with van der Waals surface area (Å²) in [5.41, 5.74) is 8.59. The van der Waals surface area contributed by atoms with E-state index < -0.39 is 0 Å². The third kappa shape index (κ3) is 2.80. The Morgan fingerprint density at radius 2 is 2.19 bits per heavy atom. The number of hydrogen-bond donors (Lipinski definition) is 2. The second-order valence-electron chi connectivity index (χ2n) is 6.06. The molecule has 1 aromatic heterocycles. The average molecular weight is 286 g/mol. The van der Waals surface area contributed by atoms with Crippen LogP contribution in [0.5, 0.6) is 0 Å². The number of aromatic nitrogens is 1. The summed E-state index contributed by atoms with van der Waals surface area (Å²) in [6.07, 6.45) is 2.35. The lowest BCUT2D eigenvalue weighted by molar-refractivity contribution is 0.191. The van der Waals surface area contributed by atoms with Gasteiger partial charge in [-0.05, 0) is 44.8 Å². The lowest BCUT2D eigenvalue weighted by Crippen LogP contribution is -2.37. The molecule has 0 saturated carbocycles. The molecule has 21 heavy (non-hydrogen) atoms. The molecule has 1 aliphatic heterocycles. The van der Waals surface area contributed by atoms with Gasteiger partial charge in [0.2, 0.25) is 0 Å². The van der Waals surface area contributed by atoms with E-state index in [2.05, 4.69) is 28.9 Å². The molecule has 2 unspecified atom stereocenters. The molecular formula is C16H22N4O. The molecule has 5 heteroatoms. The number of rotatable bonds is 3. The second kappa shape index (κ2) is 5.50. The quantitative estimate of drug-likeness (QED) is 0.833. The number of benzene rings is 1. The highest BCUT2D eigenvalue weighted by atomic mass is 16.3. The minimum Gasteiger partial charge on any atom is -0.399 e. The van der Waals surface area contributed by atoms with Crippen LogP contribution in [0.2, 0.25) is 0 Å². The average Bonchev–Trinajstić information content (AvgIpc) is 2.77. The topological polar surface area (TPSA) is 65.6 Å². The van der Waals surface area contributed by atoms with E-state index in [1.807, 2.05) is 30.5 Å². The fourth-order valence-electron chi connectivity index (χ4n) is 3.18. The standard InChI is InChI=1S/C16H22N4O/c1-19(2)9-12-8-13(21)10-20(12)16-5-6-18-15-7-11(17)3-4-14(15)16/h3-7,12-13,21H,8-10,17H2,1-2H3. The zero-order valence-corrected chi connectivity index (χ0v) is 12.5. The van der Waals surface area contributed by atoms with Gasteiger partial charge in [-0.3, -0.25) is 4.98 Å². The van der Waals surface area contributed by atoms with E-state index in [-0.39, 0.29) is 6.10 Å². The minimum atomic E-state index is -0.271. The second-order valence-corrected chi connectivity index (χ2v) is 6.06. The molecule has 0 bridgehead atoms. The maximum atomic E-state index is 10.1. The number of aliphatic hydroxyl groups excluding tert-OH is 1. The van der Waals surface area contributed by atoms with E-state index in [4.69, 9.17) is 5.73 Å². The Bertz CT molecular complexity index is 643. The molecule has 0 spiro atoms. The predicted octanol–water partition coefficient (Wildman–Crippen LogP) is 1.32. The van der Waals surface area contributed by atoms with Crippen LogP contribution >= 0.6 is 0 Å². The Balaban J connectivity index is 2.02. The third-order valence-electron chi connectivity index (χ3n) is 4.02. The minimum absolute atomic E-state index is 0.271. The molecule has 1 aliphatic rings. The van der Waals surface area contributed by atoms with Gasteiger partial charge in [0.25, 0.3) is 0 Å². The maximum absolute atomic E-state index is 10.1. The van der Waals surface area contributed by atoms with Gasteiger partial charge in [-0.15, -0.1) is 0 Å². The maximum Gasteiger partial charge on any atom is 0.0743 e. The number of pyridine rings is 1. The number of fused-ring (bicyclic) bond motifs is 1. The number of β-amino-alcohol motifs (C(OH)–C–C–N with tert-alkyl or cyclic N) is 1. The van der Waals surface area contributed by atoms with Crippen LogP contribution in [0, 0.1) is 0 Å². The van der Waals surface area contributed by atoms with Crippen LogP contribution in [-0.2, 0) is 0 Å². The van der Waals surface area contributed by atoms with Crippen LogP contribution < -0.4 is 10.6 Å². The molecule has 0 radical (unpaired) electrons. The summed E-state index contributed by atoms with van der Waals surface area (Å²) < 4.78 is 0. The molecule has 5 nitrogen and oxygen atoms in total. The van der Waals surface area contributed by atoms with E-state index in [0.29, 0.717) is 12.6 Å². The number of nitrogens with two attached hydrogens (primary N) is 1. The first-order valence-corrected chi connectivity index (χ1v) is 7.28. The first-order chi connectivity index (χ1) is 10.0. The van der Waals surface area contributed by atoms with Crippen LogP contribution in [0.4, 0.5) is 11.4 Å². The Morgan fingerprint density at radius 3 is 2.95 bits per heavy atom. The van der Waals surface area contributed by atoms with Gasteiger partial charge >= 0.3 is 0 Å². The molecular weight excluding hydrogens is 264 g/mol. The van der Waals surface area contributed by atoms with Crippen molar-refractivity contribution < 1.29 is 5.11 Å². The van der Waals surface area contributed by atoms with Gasteiger partial charge < -0.3 is 20.6 Å². The van der Waals surface area contributed by atoms with Crippen LogP contribution in [0.1, 0.15) is 6.42 Å². The highest BCUT2D eigenvalue weighted by Crippen LogP contribution is 2.32. The summed E-state index contributed by atoms with van der Waals surface area (Å²) in [6, 6.07) is 8.16. The van der Waals surface area contributed by atoms with Crippen molar-refractivity contribution in [2.45, 2.75) is 18.6 Å². The summed E-state index contributed by atoms with van der Waals surface area (Å²) in [5, 5.41) is 11.2. The van der Waals surface area contributed by atoms with Crippen LogP contribution in [-0.4, -0.2) is 54.3 Å². The van der Waals surface area contributed by atoms with Crippen molar-refractivity contribution in [2.75, 3.05) is 37.8 Å². The largest absolute Gasteiger partial charge is 0.399 e. The van der Waals surface area contributed by atoms with Gasteiger partial charge in [-0.1, -0.05) is 0 Å². The van der Waals surface area contributed by atoms with Crippen LogP contribution in [0.3, 0.4) is 0 Å². The number of hydrogen-bond acceptors (Lipinski definition) is 5. The smallest absolute Gasteiger partial charge is 0.0743 e. The number of anilines is 2. The fraction of sp³-hybridized carbons (Fsp3) is 0.438. The summed E-state index contributed by atoms with van der Waals surface area (Å²) >= 11 is 0. The molecule has 1 saturated heterocycles. The molecule has 2 aromatic rings. The molecule has 2 heterocycles. The van der Waals surface area contributed by atoms with Crippen molar-refractivity contribution in [3.05, 3.63) is 30.5 Å². The van der Waals surface area contributed by atoms with Gasteiger partial charge in [-0.25, -0.2) is 0 Å². The van der Waals surface area contributed by atoms with Gasteiger partial charge in [0.1, 0.15) is 0 Å². The molecule has 0 aliphatic carbocycles. The first kappa shape index (κ1) is 14.1. The highest BCUT2D eigenvalue weighted by Gasteiger charge is 2.32. The molecule has 1 fully saturated rings. The number of aliphatic hydroxyl groups is 1. The van der Waals surface area contributed by atoms with Crippen molar-refractivity contribution in [3.8, 4) is 0 Å². The summed E-state index contributed by atoms with van der Waals surface area (Å²) in [6.45, 7) is 1.60. The van der Waals surface area contributed by atoms with E-state index in [1.165, 1.54) is 0 Å². The lowest BCUT2D eigenvalue weighted by atomic mass is 10.1.